The Kier molecular flexibility index (Phi) is 6.16. The number of anilines is 2. The molecule has 0 atom stereocenters. The highest BCUT2D eigenvalue weighted by molar-refractivity contribution is 9.10. The van der Waals surface area contributed by atoms with Crippen molar-refractivity contribution in [3.8, 4) is 5.75 Å². The van der Waals surface area contributed by atoms with E-state index in [2.05, 4.69) is 26.6 Å². The predicted molar refractivity (Wildman–Crippen MR) is 116 cm³/mol. The maximum atomic E-state index is 12.7. The van der Waals surface area contributed by atoms with E-state index in [-0.39, 0.29) is 11.8 Å². The molecule has 144 valence electrons. The smallest absolute Gasteiger partial charge is 0.267 e. The highest BCUT2D eigenvalue weighted by Crippen LogP contribution is 2.23. The minimum atomic E-state index is -1.08. The highest BCUT2D eigenvalue weighted by Gasteiger charge is 2.30. The van der Waals surface area contributed by atoms with Crippen molar-refractivity contribution < 1.29 is 14.3 Å². The number of halogens is 1. The summed E-state index contributed by atoms with van der Waals surface area (Å²) in [7, 11) is 0. The van der Waals surface area contributed by atoms with E-state index in [1.54, 1.807) is 56.3 Å². The van der Waals surface area contributed by atoms with Crippen LogP contribution in [0.3, 0.4) is 0 Å². The van der Waals surface area contributed by atoms with Crippen LogP contribution < -0.4 is 15.4 Å². The van der Waals surface area contributed by atoms with Gasteiger partial charge in [-0.25, -0.2) is 0 Å². The number of rotatable bonds is 6. The normalized spacial score (nSPS) is 11.0. The number of amides is 2. The van der Waals surface area contributed by atoms with Crippen LogP contribution in [0.2, 0.25) is 0 Å². The summed E-state index contributed by atoms with van der Waals surface area (Å²) in [5, 5.41) is 7.51. The molecule has 3 aromatic rings. The third-order valence-corrected chi connectivity index (χ3v) is 5.25. The molecule has 0 saturated heterocycles. The number of carbonyl (C=O) groups excluding carboxylic acids is 2. The van der Waals surface area contributed by atoms with E-state index in [1.807, 2.05) is 23.6 Å². The summed E-state index contributed by atoms with van der Waals surface area (Å²) in [6, 6.07) is 17.9. The van der Waals surface area contributed by atoms with Gasteiger partial charge in [-0.05, 0) is 67.8 Å². The minimum absolute atomic E-state index is 0.183. The lowest BCUT2D eigenvalue weighted by molar-refractivity contribution is -0.128. The van der Waals surface area contributed by atoms with Crippen molar-refractivity contribution in [3.05, 3.63) is 75.4 Å². The molecule has 0 spiro atoms. The van der Waals surface area contributed by atoms with E-state index in [4.69, 9.17) is 4.74 Å². The zero-order valence-electron chi connectivity index (χ0n) is 15.4. The van der Waals surface area contributed by atoms with Gasteiger partial charge in [-0.1, -0.05) is 28.1 Å². The lowest BCUT2D eigenvalue weighted by Gasteiger charge is -2.25. The van der Waals surface area contributed by atoms with Crippen LogP contribution in [0.5, 0.6) is 5.75 Å². The Labute approximate surface area is 175 Å². The van der Waals surface area contributed by atoms with E-state index in [0.717, 1.165) is 4.47 Å². The molecule has 1 aromatic heterocycles. The molecule has 28 heavy (non-hydrogen) atoms. The molecular formula is C21H19BrN2O3S. The average molecular weight is 459 g/mol. The van der Waals surface area contributed by atoms with Crippen molar-refractivity contribution in [3.63, 3.8) is 0 Å². The third kappa shape index (κ3) is 5.21. The van der Waals surface area contributed by atoms with Crippen LogP contribution in [0.4, 0.5) is 11.4 Å². The quantitative estimate of drug-likeness (QED) is 0.507. The van der Waals surface area contributed by atoms with Gasteiger partial charge in [0.15, 0.2) is 5.60 Å². The monoisotopic (exact) mass is 458 g/mol. The van der Waals surface area contributed by atoms with E-state index >= 15 is 0 Å². The summed E-state index contributed by atoms with van der Waals surface area (Å²) in [6.07, 6.45) is 0. The molecule has 0 aliphatic rings. The van der Waals surface area contributed by atoms with Crippen molar-refractivity contribution in [1.29, 1.82) is 0 Å². The van der Waals surface area contributed by atoms with Crippen LogP contribution in [0.25, 0.3) is 0 Å². The molecule has 0 fully saturated rings. The highest BCUT2D eigenvalue weighted by atomic mass is 79.9. The Morgan fingerprint density at radius 3 is 2.29 bits per heavy atom. The van der Waals surface area contributed by atoms with E-state index < -0.39 is 5.60 Å². The van der Waals surface area contributed by atoms with Crippen molar-refractivity contribution in [2.75, 3.05) is 10.6 Å². The molecule has 3 rings (SSSR count). The number of hydrogen-bond donors (Lipinski definition) is 2. The molecule has 0 aliphatic carbocycles. The van der Waals surface area contributed by atoms with Crippen LogP contribution in [0.1, 0.15) is 23.5 Å². The van der Waals surface area contributed by atoms with Gasteiger partial charge in [0.1, 0.15) is 5.75 Å². The Hall–Kier alpha value is -2.64. The first kappa shape index (κ1) is 20.1. The topological polar surface area (TPSA) is 67.4 Å². The number of thiophene rings is 1. The molecule has 1 heterocycles. The first-order valence-electron chi connectivity index (χ1n) is 8.54. The standard InChI is InChI=1S/C21H19BrN2O3S/c1-21(2,27-17-10-8-14(22)9-11-17)20(26)24-16-6-3-5-15(13-16)23-19(25)18-7-4-12-28-18/h3-13H,1-2H3,(H,23,25)(H,24,26). The SMILES string of the molecule is CC(C)(Oc1ccc(Br)cc1)C(=O)Nc1cccc(NC(=O)c2cccs2)c1. The maximum absolute atomic E-state index is 12.7. The van der Waals surface area contributed by atoms with Crippen LogP contribution in [-0.2, 0) is 4.79 Å². The van der Waals surface area contributed by atoms with Crippen molar-refractivity contribution in [2.45, 2.75) is 19.4 Å². The molecular weight excluding hydrogens is 440 g/mol. The summed E-state index contributed by atoms with van der Waals surface area (Å²) >= 11 is 4.74. The molecule has 0 bridgehead atoms. The van der Waals surface area contributed by atoms with Crippen molar-refractivity contribution in [1.82, 2.24) is 0 Å². The molecule has 2 amide bonds. The Morgan fingerprint density at radius 1 is 0.964 bits per heavy atom. The molecule has 2 N–H and O–H groups in total. The van der Waals surface area contributed by atoms with Gasteiger partial charge in [0, 0.05) is 15.8 Å². The van der Waals surface area contributed by atoms with Gasteiger partial charge < -0.3 is 15.4 Å². The van der Waals surface area contributed by atoms with Crippen LogP contribution in [-0.4, -0.2) is 17.4 Å². The summed E-state index contributed by atoms with van der Waals surface area (Å²) in [4.78, 5) is 25.5. The average Bonchev–Trinajstić information content (AvgIpc) is 3.19. The maximum Gasteiger partial charge on any atom is 0.267 e. The molecule has 0 radical (unpaired) electrons. The summed E-state index contributed by atoms with van der Waals surface area (Å²) in [5.74, 6) is 0.120. The largest absolute Gasteiger partial charge is 0.478 e. The summed E-state index contributed by atoms with van der Waals surface area (Å²) in [6.45, 7) is 3.40. The Balaban J connectivity index is 1.66. The first-order valence-corrected chi connectivity index (χ1v) is 10.2. The van der Waals surface area contributed by atoms with Gasteiger partial charge >= 0.3 is 0 Å². The molecule has 0 unspecified atom stereocenters. The molecule has 0 aliphatic heterocycles. The van der Waals surface area contributed by atoms with E-state index in [1.165, 1.54) is 11.3 Å². The van der Waals surface area contributed by atoms with Crippen LogP contribution >= 0.6 is 27.3 Å². The number of benzene rings is 2. The number of nitrogens with one attached hydrogen (secondary N) is 2. The Morgan fingerprint density at radius 2 is 1.64 bits per heavy atom. The van der Waals surface area contributed by atoms with Gasteiger partial charge in [-0.15, -0.1) is 11.3 Å². The van der Waals surface area contributed by atoms with Crippen LogP contribution in [0, 0.1) is 0 Å². The predicted octanol–water partition coefficient (Wildman–Crippen LogP) is 5.56. The van der Waals surface area contributed by atoms with E-state index in [9.17, 15) is 9.59 Å². The second-order valence-electron chi connectivity index (χ2n) is 6.53. The fraction of sp³-hybridized carbons (Fsp3) is 0.143. The molecule has 0 saturated carbocycles. The van der Waals surface area contributed by atoms with Gasteiger partial charge in [0.25, 0.3) is 11.8 Å². The fourth-order valence-electron chi connectivity index (χ4n) is 2.40. The van der Waals surface area contributed by atoms with Gasteiger partial charge in [0.2, 0.25) is 0 Å². The molecule has 5 nitrogen and oxygen atoms in total. The summed E-state index contributed by atoms with van der Waals surface area (Å²) < 4.78 is 6.77. The molecule has 2 aromatic carbocycles. The van der Waals surface area contributed by atoms with Crippen molar-refractivity contribution in [2.24, 2.45) is 0 Å². The molecule has 7 heteroatoms. The number of carbonyl (C=O) groups is 2. The van der Waals surface area contributed by atoms with Gasteiger partial charge in [-0.3, -0.25) is 9.59 Å². The van der Waals surface area contributed by atoms with Crippen molar-refractivity contribution >= 4 is 50.5 Å². The Bertz CT molecular complexity index is 970. The van der Waals surface area contributed by atoms with Gasteiger partial charge in [0.05, 0.1) is 4.88 Å². The van der Waals surface area contributed by atoms with Crippen LogP contribution in [0.15, 0.2) is 70.5 Å². The third-order valence-electron chi connectivity index (χ3n) is 3.86. The fourth-order valence-corrected chi connectivity index (χ4v) is 3.28. The second-order valence-corrected chi connectivity index (χ2v) is 8.40. The first-order chi connectivity index (χ1) is 13.3. The number of hydrogen-bond acceptors (Lipinski definition) is 4. The zero-order chi connectivity index (χ0) is 20.1. The minimum Gasteiger partial charge on any atom is -0.478 e. The lowest BCUT2D eigenvalue weighted by Crippen LogP contribution is -2.42. The summed E-state index contributed by atoms with van der Waals surface area (Å²) in [5.41, 5.74) is 0.0913. The second kappa shape index (κ2) is 8.58. The van der Waals surface area contributed by atoms with Gasteiger partial charge in [-0.2, -0.15) is 0 Å². The van der Waals surface area contributed by atoms with E-state index in [0.29, 0.717) is 22.0 Å². The zero-order valence-corrected chi connectivity index (χ0v) is 17.8. The lowest BCUT2D eigenvalue weighted by atomic mass is 10.1. The number of ether oxygens (including phenoxy) is 1.